The normalized spacial score (nSPS) is 22.9. The van der Waals surface area contributed by atoms with Gasteiger partial charge in [-0.25, -0.2) is 0 Å². The van der Waals surface area contributed by atoms with Gasteiger partial charge in [-0.05, 0) is 78.4 Å². The van der Waals surface area contributed by atoms with Crippen LogP contribution >= 0.6 is 15.9 Å². The fourth-order valence-corrected chi connectivity index (χ4v) is 5.06. The number of fused-ring (bicyclic) bond motifs is 3. The number of aromatic nitrogens is 1. The van der Waals surface area contributed by atoms with Crippen LogP contribution in [0.5, 0.6) is 0 Å². The van der Waals surface area contributed by atoms with E-state index in [1.165, 1.54) is 21.8 Å². The average Bonchev–Trinajstić information content (AvgIpc) is 3.25. The minimum atomic E-state index is -0.384. The lowest BCUT2D eigenvalue weighted by molar-refractivity contribution is 0.00578. The first kappa shape index (κ1) is 24.4. The Hall–Kier alpha value is -1.31. The molecule has 0 saturated carbocycles. The maximum Gasteiger partial charge on any atom is 0.494 e. The van der Waals surface area contributed by atoms with Gasteiger partial charge < -0.3 is 23.2 Å². The van der Waals surface area contributed by atoms with Crippen molar-refractivity contribution in [2.45, 2.75) is 84.3 Å². The Morgan fingerprint density at radius 3 is 1.32 bits per heavy atom. The molecular weight excluding hydrogens is 492 g/mol. The molecule has 2 aromatic carbocycles. The second-order valence-electron chi connectivity index (χ2n) is 11.6. The van der Waals surface area contributed by atoms with Gasteiger partial charge in [0.15, 0.2) is 0 Å². The van der Waals surface area contributed by atoms with Crippen LogP contribution in [-0.2, 0) is 25.2 Å². The Bertz CT molecular complexity index is 1140. The van der Waals surface area contributed by atoms with E-state index in [0.717, 1.165) is 22.8 Å². The molecule has 2 saturated heterocycles. The van der Waals surface area contributed by atoms with Crippen molar-refractivity contribution in [1.82, 2.24) is 4.57 Å². The summed E-state index contributed by atoms with van der Waals surface area (Å²) in [7, 11) is -0.768. The van der Waals surface area contributed by atoms with Gasteiger partial charge in [0, 0.05) is 33.7 Å². The van der Waals surface area contributed by atoms with E-state index in [0.29, 0.717) is 0 Å². The van der Waals surface area contributed by atoms with Crippen LogP contribution in [0, 0.1) is 0 Å². The number of rotatable bonds is 4. The summed E-state index contributed by atoms with van der Waals surface area (Å²) < 4.78 is 27.7. The van der Waals surface area contributed by atoms with Gasteiger partial charge in [-0.2, -0.15) is 0 Å². The molecule has 0 aliphatic carbocycles. The SMILES string of the molecule is CC1(C)OB(c2ccc3c4ccc(B5OC(C)(C)C(C)(C)O5)cc4n(CCBr)c3c2)OC1(C)C. The number of halogens is 1. The summed E-state index contributed by atoms with van der Waals surface area (Å²) >= 11 is 3.65. The van der Waals surface area contributed by atoms with Crippen LogP contribution in [0.4, 0.5) is 0 Å². The Labute approximate surface area is 211 Å². The zero-order valence-corrected chi connectivity index (χ0v) is 23.1. The third kappa shape index (κ3) is 3.68. The number of aryl methyl sites for hydroxylation is 1. The fourth-order valence-electron chi connectivity index (χ4n) is 4.71. The molecular formula is C26H34B2BrNO4. The number of alkyl halides is 1. The zero-order chi connectivity index (χ0) is 24.7. The van der Waals surface area contributed by atoms with E-state index >= 15 is 0 Å². The topological polar surface area (TPSA) is 41.9 Å². The largest absolute Gasteiger partial charge is 0.494 e. The first-order chi connectivity index (χ1) is 15.8. The number of hydrogen-bond acceptors (Lipinski definition) is 4. The van der Waals surface area contributed by atoms with Gasteiger partial charge >= 0.3 is 14.2 Å². The second-order valence-corrected chi connectivity index (χ2v) is 12.4. The number of nitrogens with zero attached hydrogens (tertiary/aromatic N) is 1. The molecule has 0 atom stereocenters. The molecule has 2 aliphatic heterocycles. The summed E-state index contributed by atoms with van der Waals surface area (Å²) in [5.41, 5.74) is 2.95. The van der Waals surface area contributed by atoms with E-state index in [2.05, 4.69) is 112 Å². The van der Waals surface area contributed by atoms with Gasteiger partial charge in [0.1, 0.15) is 0 Å². The van der Waals surface area contributed by atoms with Crippen LogP contribution < -0.4 is 10.9 Å². The fraction of sp³-hybridized carbons (Fsp3) is 0.538. The van der Waals surface area contributed by atoms with Crippen LogP contribution in [0.3, 0.4) is 0 Å². The van der Waals surface area contributed by atoms with E-state index in [1.54, 1.807) is 0 Å². The summed E-state index contributed by atoms with van der Waals surface area (Å²) in [4.78, 5) is 0. The summed E-state index contributed by atoms with van der Waals surface area (Å²) in [6, 6.07) is 13.1. The molecule has 5 rings (SSSR count). The van der Waals surface area contributed by atoms with Gasteiger partial charge in [0.05, 0.1) is 22.4 Å². The first-order valence-corrected chi connectivity index (χ1v) is 13.2. The predicted molar refractivity (Wildman–Crippen MR) is 145 cm³/mol. The van der Waals surface area contributed by atoms with Crippen molar-refractivity contribution in [3.63, 3.8) is 0 Å². The molecule has 2 fully saturated rings. The van der Waals surface area contributed by atoms with Crippen LogP contribution in [0.2, 0.25) is 0 Å². The lowest BCUT2D eigenvalue weighted by Crippen LogP contribution is -2.41. The smallest absolute Gasteiger partial charge is 0.399 e. The van der Waals surface area contributed by atoms with Crippen LogP contribution in [0.15, 0.2) is 36.4 Å². The van der Waals surface area contributed by atoms with E-state index in [1.807, 2.05) is 0 Å². The molecule has 0 amide bonds. The van der Waals surface area contributed by atoms with Gasteiger partial charge in [-0.15, -0.1) is 0 Å². The van der Waals surface area contributed by atoms with E-state index in [4.69, 9.17) is 18.6 Å². The van der Waals surface area contributed by atoms with Crippen molar-refractivity contribution in [2.75, 3.05) is 5.33 Å². The molecule has 8 heteroatoms. The van der Waals surface area contributed by atoms with Crippen molar-refractivity contribution < 1.29 is 18.6 Å². The quantitative estimate of drug-likeness (QED) is 0.363. The first-order valence-electron chi connectivity index (χ1n) is 12.1. The summed E-state index contributed by atoms with van der Waals surface area (Å²) in [6.07, 6.45) is 0. The van der Waals surface area contributed by atoms with Gasteiger partial charge in [0.2, 0.25) is 0 Å². The maximum atomic E-state index is 6.32. The van der Waals surface area contributed by atoms with Crippen molar-refractivity contribution in [3.8, 4) is 0 Å². The Morgan fingerprint density at radius 2 is 1.00 bits per heavy atom. The van der Waals surface area contributed by atoms with E-state index in [9.17, 15) is 0 Å². The molecule has 3 heterocycles. The highest BCUT2D eigenvalue weighted by atomic mass is 79.9. The molecule has 34 heavy (non-hydrogen) atoms. The number of hydrogen-bond donors (Lipinski definition) is 0. The molecule has 0 bridgehead atoms. The van der Waals surface area contributed by atoms with Gasteiger partial charge in [-0.3, -0.25) is 0 Å². The molecule has 0 spiro atoms. The third-order valence-electron chi connectivity index (χ3n) is 8.27. The summed E-state index contributed by atoms with van der Waals surface area (Å²) in [6.45, 7) is 17.6. The maximum absolute atomic E-state index is 6.32. The molecule has 0 unspecified atom stereocenters. The second kappa shape index (κ2) is 7.84. The minimum absolute atomic E-state index is 0.368. The highest BCUT2D eigenvalue weighted by Crippen LogP contribution is 2.38. The Kier molecular flexibility index (Phi) is 5.63. The highest BCUT2D eigenvalue weighted by Gasteiger charge is 2.52. The molecule has 5 nitrogen and oxygen atoms in total. The van der Waals surface area contributed by atoms with E-state index in [-0.39, 0.29) is 36.6 Å². The number of benzene rings is 2. The van der Waals surface area contributed by atoms with Crippen LogP contribution in [0.1, 0.15) is 55.4 Å². The highest BCUT2D eigenvalue weighted by molar-refractivity contribution is 9.09. The molecule has 0 radical (unpaired) electrons. The minimum Gasteiger partial charge on any atom is -0.399 e. The molecule has 3 aromatic rings. The third-order valence-corrected chi connectivity index (χ3v) is 8.63. The lowest BCUT2D eigenvalue weighted by Gasteiger charge is -2.32. The standard InChI is InChI=1S/C26H34B2BrNO4/c1-23(2)24(3,4)32-27(31-23)17-9-11-19-20-12-10-18(28-33-25(5,6)26(7,8)34-28)16-22(20)30(14-13-29)21(19)15-17/h9-12,15-16H,13-14H2,1-8H3. The summed E-state index contributed by atoms with van der Waals surface area (Å²) in [5.74, 6) is 0. The van der Waals surface area contributed by atoms with Crippen molar-refractivity contribution in [2.24, 2.45) is 0 Å². The van der Waals surface area contributed by atoms with Gasteiger partial charge in [0.25, 0.3) is 0 Å². The van der Waals surface area contributed by atoms with Gasteiger partial charge in [-0.1, -0.05) is 40.2 Å². The van der Waals surface area contributed by atoms with E-state index < -0.39 is 0 Å². The molecule has 0 N–H and O–H groups in total. The van der Waals surface area contributed by atoms with Crippen LogP contribution in [0.25, 0.3) is 21.8 Å². The van der Waals surface area contributed by atoms with Crippen molar-refractivity contribution in [1.29, 1.82) is 0 Å². The molecule has 1 aromatic heterocycles. The molecule has 2 aliphatic rings. The van der Waals surface area contributed by atoms with Crippen molar-refractivity contribution >= 4 is 62.9 Å². The molecule has 180 valence electrons. The van der Waals surface area contributed by atoms with Crippen LogP contribution in [-0.4, -0.2) is 46.5 Å². The predicted octanol–water partition coefficient (Wildman–Crippen LogP) is 4.79. The Balaban J connectivity index is 1.59. The Morgan fingerprint density at radius 1 is 0.647 bits per heavy atom. The summed E-state index contributed by atoms with van der Waals surface area (Å²) in [5, 5.41) is 3.29. The lowest BCUT2D eigenvalue weighted by atomic mass is 9.78. The van der Waals surface area contributed by atoms with Crippen molar-refractivity contribution in [3.05, 3.63) is 36.4 Å². The average molecular weight is 526 g/mol. The monoisotopic (exact) mass is 525 g/mol. The zero-order valence-electron chi connectivity index (χ0n) is 21.5.